The van der Waals surface area contributed by atoms with Gasteiger partial charge < -0.3 is 10.2 Å². The molecule has 0 spiro atoms. The Morgan fingerprint density at radius 2 is 1.67 bits per heavy atom. The van der Waals surface area contributed by atoms with E-state index in [9.17, 15) is 14.4 Å². The summed E-state index contributed by atoms with van der Waals surface area (Å²) in [6.45, 7) is 0.638. The molecule has 0 aliphatic carbocycles. The van der Waals surface area contributed by atoms with Gasteiger partial charge in [0.25, 0.3) is 5.91 Å². The van der Waals surface area contributed by atoms with Gasteiger partial charge in [-0.1, -0.05) is 54.6 Å². The number of carbonyl (C=O) groups excluding carboxylic acids is 3. The number of hydrogen-bond acceptors (Lipinski definition) is 4. The van der Waals surface area contributed by atoms with E-state index in [4.69, 9.17) is 0 Å². The van der Waals surface area contributed by atoms with Crippen molar-refractivity contribution < 1.29 is 14.4 Å². The molecule has 0 radical (unpaired) electrons. The van der Waals surface area contributed by atoms with Crippen molar-refractivity contribution in [1.82, 2.24) is 4.90 Å². The summed E-state index contributed by atoms with van der Waals surface area (Å²) in [5.74, 6) is 0.158. The maximum atomic E-state index is 13.2. The minimum absolute atomic E-state index is 0.0160. The van der Waals surface area contributed by atoms with Gasteiger partial charge in [0, 0.05) is 12.1 Å². The summed E-state index contributed by atoms with van der Waals surface area (Å²) in [7, 11) is 0. The van der Waals surface area contributed by atoms with Crippen LogP contribution in [0.25, 0.3) is 0 Å². The average Bonchev–Trinajstić information content (AvgIpc) is 3.22. The molecule has 166 valence electrons. The summed E-state index contributed by atoms with van der Waals surface area (Å²) in [6.07, 6.45) is 0.802. The van der Waals surface area contributed by atoms with Gasteiger partial charge >= 0.3 is 0 Å². The van der Waals surface area contributed by atoms with Gasteiger partial charge in [-0.3, -0.25) is 19.3 Å². The summed E-state index contributed by atoms with van der Waals surface area (Å²) < 4.78 is 0. The highest BCUT2D eigenvalue weighted by molar-refractivity contribution is 8.00. The first kappa shape index (κ1) is 21.3. The highest BCUT2D eigenvalue weighted by atomic mass is 32.2. The summed E-state index contributed by atoms with van der Waals surface area (Å²) in [6, 6.07) is 24.8. The molecular formula is C26H23N3O3S. The number of hydrogen-bond donors (Lipinski definition) is 1. The number of fused-ring (bicyclic) bond motifs is 1. The topological polar surface area (TPSA) is 69.7 Å². The Kier molecular flexibility index (Phi) is 5.88. The zero-order valence-corrected chi connectivity index (χ0v) is 18.8. The number of thioether (sulfide) groups is 1. The SMILES string of the molecule is O=C1CN(C(=O)c2ccc(C3SCC(=O)N3CCc3ccccc3)cc2)c2ccccc2N1. The summed E-state index contributed by atoms with van der Waals surface area (Å²) in [5.41, 5.74) is 4.03. The van der Waals surface area contributed by atoms with E-state index in [0.717, 1.165) is 12.0 Å². The van der Waals surface area contributed by atoms with Crippen LogP contribution in [0.1, 0.15) is 26.9 Å². The number of nitrogens with one attached hydrogen (secondary N) is 1. The molecule has 2 aliphatic heterocycles. The summed E-state index contributed by atoms with van der Waals surface area (Å²) in [5, 5.41) is 2.74. The van der Waals surface area contributed by atoms with Crippen LogP contribution in [0.4, 0.5) is 11.4 Å². The van der Waals surface area contributed by atoms with E-state index in [2.05, 4.69) is 17.4 Å². The Morgan fingerprint density at radius 3 is 2.45 bits per heavy atom. The molecule has 1 fully saturated rings. The molecule has 1 N–H and O–H groups in total. The third-order valence-corrected chi connectivity index (χ3v) is 7.17. The van der Waals surface area contributed by atoms with Gasteiger partial charge in [-0.25, -0.2) is 0 Å². The van der Waals surface area contributed by atoms with Crippen LogP contribution in [0.2, 0.25) is 0 Å². The zero-order valence-electron chi connectivity index (χ0n) is 17.9. The van der Waals surface area contributed by atoms with Crippen LogP contribution in [-0.4, -0.2) is 41.5 Å². The number of benzene rings is 3. The van der Waals surface area contributed by atoms with Gasteiger partial charge in [-0.2, -0.15) is 0 Å². The van der Waals surface area contributed by atoms with E-state index in [1.807, 2.05) is 53.4 Å². The lowest BCUT2D eigenvalue weighted by Crippen LogP contribution is -2.42. The van der Waals surface area contributed by atoms with Crippen LogP contribution in [0.5, 0.6) is 0 Å². The Labute approximate surface area is 196 Å². The van der Waals surface area contributed by atoms with Crippen LogP contribution in [0.15, 0.2) is 78.9 Å². The third kappa shape index (κ3) is 4.36. The van der Waals surface area contributed by atoms with E-state index in [-0.39, 0.29) is 29.6 Å². The molecule has 0 bridgehead atoms. The van der Waals surface area contributed by atoms with Crippen LogP contribution in [-0.2, 0) is 16.0 Å². The molecule has 3 amide bonds. The van der Waals surface area contributed by atoms with Crippen molar-refractivity contribution in [2.75, 3.05) is 29.1 Å². The number of rotatable bonds is 5. The lowest BCUT2D eigenvalue weighted by atomic mass is 10.1. The molecule has 33 heavy (non-hydrogen) atoms. The standard InChI is InChI=1S/C26H23N3O3S/c30-23-16-29(22-9-5-4-8-21(22)27-23)25(32)19-10-12-20(13-11-19)26-28(24(31)17-33-26)15-14-18-6-2-1-3-7-18/h1-13,26H,14-17H2,(H,27,30). The fraction of sp³-hybridized carbons (Fsp3) is 0.192. The van der Waals surface area contributed by atoms with Gasteiger partial charge in [0.1, 0.15) is 11.9 Å². The monoisotopic (exact) mass is 457 g/mol. The smallest absolute Gasteiger partial charge is 0.258 e. The van der Waals surface area contributed by atoms with Crippen LogP contribution < -0.4 is 10.2 Å². The highest BCUT2D eigenvalue weighted by Crippen LogP contribution is 2.39. The molecule has 3 aromatic carbocycles. The van der Waals surface area contributed by atoms with Crippen molar-refractivity contribution in [2.45, 2.75) is 11.8 Å². The maximum Gasteiger partial charge on any atom is 0.258 e. The van der Waals surface area contributed by atoms with Gasteiger partial charge in [0.2, 0.25) is 11.8 Å². The molecule has 1 saturated heterocycles. The molecular weight excluding hydrogens is 434 g/mol. The minimum atomic E-state index is -0.222. The van der Waals surface area contributed by atoms with E-state index < -0.39 is 0 Å². The predicted molar refractivity (Wildman–Crippen MR) is 130 cm³/mol. The predicted octanol–water partition coefficient (Wildman–Crippen LogP) is 4.10. The fourth-order valence-corrected chi connectivity index (χ4v) is 5.45. The highest BCUT2D eigenvalue weighted by Gasteiger charge is 2.33. The van der Waals surface area contributed by atoms with Crippen LogP contribution in [0, 0.1) is 0 Å². The van der Waals surface area contributed by atoms with Crippen LogP contribution in [0.3, 0.4) is 0 Å². The van der Waals surface area contributed by atoms with Gasteiger partial charge in [0.15, 0.2) is 0 Å². The number of amides is 3. The van der Waals surface area contributed by atoms with Crippen molar-refractivity contribution in [1.29, 1.82) is 0 Å². The largest absolute Gasteiger partial charge is 0.326 e. The van der Waals surface area contributed by atoms with E-state index in [0.29, 0.717) is 29.2 Å². The first-order chi connectivity index (χ1) is 16.1. The lowest BCUT2D eigenvalue weighted by molar-refractivity contribution is -0.128. The van der Waals surface area contributed by atoms with E-state index in [1.54, 1.807) is 30.0 Å². The molecule has 1 unspecified atom stereocenters. The van der Waals surface area contributed by atoms with Crippen LogP contribution >= 0.6 is 11.8 Å². The molecule has 3 aromatic rings. The number of carbonyl (C=O) groups is 3. The number of para-hydroxylation sites is 2. The summed E-state index contributed by atoms with van der Waals surface area (Å²) in [4.78, 5) is 41.2. The molecule has 5 rings (SSSR count). The molecule has 1 atom stereocenters. The van der Waals surface area contributed by atoms with Crippen molar-refractivity contribution in [3.8, 4) is 0 Å². The Hall–Kier alpha value is -3.58. The molecule has 2 heterocycles. The lowest BCUT2D eigenvalue weighted by Gasteiger charge is -2.29. The first-order valence-corrected chi connectivity index (χ1v) is 11.9. The molecule has 6 nitrogen and oxygen atoms in total. The Balaban J connectivity index is 1.32. The van der Waals surface area contributed by atoms with Gasteiger partial charge in [-0.15, -0.1) is 11.8 Å². The Morgan fingerprint density at radius 1 is 0.939 bits per heavy atom. The maximum absolute atomic E-state index is 13.2. The van der Waals surface area contributed by atoms with Gasteiger partial charge in [0.05, 0.1) is 17.1 Å². The molecule has 2 aliphatic rings. The fourth-order valence-electron chi connectivity index (χ4n) is 4.23. The van der Waals surface area contributed by atoms with Gasteiger partial charge in [-0.05, 0) is 41.8 Å². The quantitative estimate of drug-likeness (QED) is 0.626. The van der Waals surface area contributed by atoms with Crippen molar-refractivity contribution >= 4 is 40.9 Å². The molecule has 0 aromatic heterocycles. The van der Waals surface area contributed by atoms with Crippen molar-refractivity contribution in [3.05, 3.63) is 95.6 Å². The summed E-state index contributed by atoms with van der Waals surface area (Å²) >= 11 is 1.61. The Bertz CT molecular complexity index is 1200. The average molecular weight is 458 g/mol. The third-order valence-electron chi connectivity index (χ3n) is 5.91. The second kappa shape index (κ2) is 9.11. The van der Waals surface area contributed by atoms with E-state index >= 15 is 0 Å². The second-order valence-electron chi connectivity index (χ2n) is 8.06. The van der Waals surface area contributed by atoms with E-state index in [1.165, 1.54) is 10.5 Å². The second-order valence-corrected chi connectivity index (χ2v) is 9.13. The zero-order chi connectivity index (χ0) is 22.8. The van der Waals surface area contributed by atoms with Crippen molar-refractivity contribution in [3.63, 3.8) is 0 Å². The minimum Gasteiger partial charge on any atom is -0.326 e. The van der Waals surface area contributed by atoms with Crippen molar-refractivity contribution in [2.24, 2.45) is 0 Å². The first-order valence-electron chi connectivity index (χ1n) is 10.9. The number of anilines is 2. The molecule has 0 saturated carbocycles. The number of nitrogens with zero attached hydrogens (tertiary/aromatic N) is 2. The normalized spacial score (nSPS) is 17.6. The molecule has 7 heteroatoms.